The Kier molecular flexibility index (Phi) is 9.23. The number of amides is 1. The number of morpholine rings is 1. The van der Waals surface area contributed by atoms with Gasteiger partial charge in [-0.25, -0.2) is 4.39 Å². The number of nitrogens with zero attached hydrogens (tertiary/aromatic N) is 2. The molecular weight excluding hydrogens is 577 g/mol. The molecule has 0 bridgehead atoms. The first kappa shape index (κ1) is 30.1. The van der Waals surface area contributed by atoms with Crippen molar-refractivity contribution in [3.63, 3.8) is 0 Å². The van der Waals surface area contributed by atoms with Gasteiger partial charge in [0, 0.05) is 48.4 Å². The van der Waals surface area contributed by atoms with Crippen LogP contribution in [0.1, 0.15) is 16.8 Å². The molecular formula is C35H34FN3O6. The smallest absolute Gasteiger partial charge is 0.259 e. The van der Waals surface area contributed by atoms with Gasteiger partial charge in [0.05, 0.1) is 45.1 Å². The second-order valence-electron chi connectivity index (χ2n) is 10.6. The molecule has 2 heterocycles. The number of carbonyl (C=O) groups is 1. The van der Waals surface area contributed by atoms with Crippen LogP contribution < -0.4 is 24.3 Å². The molecule has 1 fully saturated rings. The molecule has 9 nitrogen and oxygen atoms in total. The van der Waals surface area contributed by atoms with Gasteiger partial charge in [-0.15, -0.1) is 0 Å². The van der Waals surface area contributed by atoms with Gasteiger partial charge in [0.15, 0.2) is 23.1 Å². The highest BCUT2D eigenvalue weighted by Gasteiger charge is 2.17. The lowest BCUT2D eigenvalue weighted by Gasteiger charge is -2.26. The molecule has 1 saturated heterocycles. The number of rotatable bonds is 11. The van der Waals surface area contributed by atoms with Crippen LogP contribution in [0.3, 0.4) is 0 Å². The Bertz CT molecular complexity index is 1830. The first-order chi connectivity index (χ1) is 22.0. The highest BCUT2D eigenvalue weighted by molar-refractivity contribution is 6.07. The summed E-state index contributed by atoms with van der Waals surface area (Å²) in [6.07, 6.45) is 2.48. The summed E-state index contributed by atoms with van der Waals surface area (Å²) in [5, 5.41) is 4.47. The molecule has 45 heavy (non-hydrogen) atoms. The summed E-state index contributed by atoms with van der Waals surface area (Å²) in [7, 11) is 3.09. The number of methoxy groups -OCH3 is 2. The summed E-state index contributed by atoms with van der Waals surface area (Å²) in [6.45, 7) is 4.88. The maximum Gasteiger partial charge on any atom is 0.259 e. The molecule has 1 N–H and O–H groups in total. The van der Waals surface area contributed by atoms with E-state index in [1.807, 2.05) is 6.07 Å². The quantitative estimate of drug-likeness (QED) is 0.165. The van der Waals surface area contributed by atoms with Crippen molar-refractivity contribution in [2.45, 2.75) is 6.42 Å². The molecule has 1 amide bonds. The van der Waals surface area contributed by atoms with E-state index in [4.69, 9.17) is 23.7 Å². The van der Waals surface area contributed by atoms with E-state index in [1.54, 1.807) is 80.0 Å². The van der Waals surface area contributed by atoms with Gasteiger partial charge in [-0.1, -0.05) is 18.2 Å². The second-order valence-corrected chi connectivity index (χ2v) is 10.6. The SMILES string of the molecule is COc1cc2c(Oc3ccc4cc(NC(=O)c5ccccc5OC)ccc4c3F)ccnc2cc1OCCCN1CCOCC1. The Morgan fingerprint density at radius 2 is 1.71 bits per heavy atom. The number of aromatic nitrogens is 1. The molecule has 1 aliphatic heterocycles. The van der Waals surface area contributed by atoms with Gasteiger partial charge in [-0.2, -0.15) is 0 Å². The van der Waals surface area contributed by atoms with Crippen LogP contribution in [0.5, 0.6) is 28.7 Å². The van der Waals surface area contributed by atoms with E-state index in [0.717, 1.165) is 39.3 Å². The van der Waals surface area contributed by atoms with Crippen molar-refractivity contribution < 1.29 is 32.9 Å². The summed E-state index contributed by atoms with van der Waals surface area (Å²) in [5.41, 5.74) is 1.56. The number of benzene rings is 4. The second kappa shape index (κ2) is 13.8. The standard InChI is InChI=1S/C35H34FN3O6/c1-41-29-7-4-3-6-26(29)35(40)38-24-9-10-25-23(20-24)8-11-31(34(25)36)45-30-12-13-37-28-22-33(32(42-2)21-27(28)30)44-17-5-14-39-15-18-43-19-16-39/h3-4,6-13,20-22H,5,14-19H2,1-2H3,(H,38,40). The highest BCUT2D eigenvalue weighted by Crippen LogP contribution is 2.39. The van der Waals surface area contributed by atoms with Gasteiger partial charge in [-0.05, 0) is 60.3 Å². The number of hydrogen-bond donors (Lipinski definition) is 1. The van der Waals surface area contributed by atoms with Crippen LogP contribution in [0.15, 0.2) is 79.0 Å². The van der Waals surface area contributed by atoms with Crippen LogP contribution in [0, 0.1) is 5.82 Å². The number of anilines is 1. The van der Waals surface area contributed by atoms with Gasteiger partial charge >= 0.3 is 0 Å². The molecule has 0 aliphatic carbocycles. The van der Waals surface area contributed by atoms with Crippen molar-refractivity contribution in [3.8, 4) is 28.7 Å². The van der Waals surface area contributed by atoms with E-state index in [0.29, 0.717) is 62.5 Å². The summed E-state index contributed by atoms with van der Waals surface area (Å²) in [6, 6.07) is 20.5. The molecule has 10 heteroatoms. The third kappa shape index (κ3) is 6.77. The lowest BCUT2D eigenvalue weighted by Crippen LogP contribution is -2.37. The fourth-order valence-corrected chi connectivity index (χ4v) is 5.36. The zero-order chi connectivity index (χ0) is 31.2. The van der Waals surface area contributed by atoms with Crippen LogP contribution >= 0.6 is 0 Å². The van der Waals surface area contributed by atoms with Gasteiger partial charge in [-0.3, -0.25) is 14.7 Å². The maximum atomic E-state index is 15.7. The molecule has 0 saturated carbocycles. The van der Waals surface area contributed by atoms with Crippen LogP contribution in [-0.4, -0.2) is 69.5 Å². The lowest BCUT2D eigenvalue weighted by atomic mass is 10.1. The summed E-state index contributed by atoms with van der Waals surface area (Å²) in [4.78, 5) is 19.7. The van der Waals surface area contributed by atoms with E-state index in [9.17, 15) is 4.79 Å². The monoisotopic (exact) mass is 611 g/mol. The predicted molar refractivity (Wildman–Crippen MR) is 171 cm³/mol. The normalized spacial score (nSPS) is 13.5. The molecule has 1 aromatic heterocycles. The molecule has 4 aromatic carbocycles. The van der Waals surface area contributed by atoms with Gasteiger partial charge < -0.3 is 29.0 Å². The number of carbonyl (C=O) groups excluding carboxylic acids is 1. The average molecular weight is 612 g/mol. The summed E-state index contributed by atoms with van der Waals surface area (Å²) in [5.74, 6) is 1.23. The van der Waals surface area contributed by atoms with Crippen LogP contribution in [-0.2, 0) is 4.74 Å². The number of para-hydroxylation sites is 1. The minimum atomic E-state index is -0.521. The topological polar surface area (TPSA) is 91.4 Å². The van der Waals surface area contributed by atoms with Gasteiger partial charge in [0.1, 0.15) is 11.5 Å². The van der Waals surface area contributed by atoms with E-state index in [2.05, 4.69) is 15.2 Å². The first-order valence-corrected chi connectivity index (χ1v) is 14.8. The van der Waals surface area contributed by atoms with Gasteiger partial charge in [0.2, 0.25) is 0 Å². The number of hydrogen-bond acceptors (Lipinski definition) is 8. The Morgan fingerprint density at radius 1 is 0.889 bits per heavy atom. The molecule has 0 spiro atoms. The summed E-state index contributed by atoms with van der Waals surface area (Å²) < 4.78 is 44.2. The number of pyridine rings is 1. The van der Waals surface area contributed by atoms with Crippen molar-refractivity contribution in [2.24, 2.45) is 0 Å². The van der Waals surface area contributed by atoms with Crippen molar-refractivity contribution in [2.75, 3.05) is 59.0 Å². The molecule has 6 rings (SSSR count). The molecule has 5 aromatic rings. The van der Waals surface area contributed by atoms with E-state index in [1.165, 1.54) is 7.11 Å². The number of nitrogens with one attached hydrogen (secondary N) is 1. The molecule has 0 unspecified atom stereocenters. The van der Waals surface area contributed by atoms with Gasteiger partial charge in [0.25, 0.3) is 5.91 Å². The predicted octanol–water partition coefficient (Wildman–Crippen LogP) is 6.69. The number of ether oxygens (including phenoxy) is 5. The minimum Gasteiger partial charge on any atom is -0.496 e. The number of halogens is 1. The Labute approximate surface area is 260 Å². The third-order valence-electron chi connectivity index (χ3n) is 7.71. The van der Waals surface area contributed by atoms with Crippen molar-refractivity contribution in [3.05, 3.63) is 90.4 Å². The van der Waals surface area contributed by atoms with Crippen molar-refractivity contribution >= 4 is 33.3 Å². The fraction of sp³-hybridized carbons (Fsp3) is 0.257. The maximum absolute atomic E-state index is 15.7. The molecule has 232 valence electrons. The number of fused-ring (bicyclic) bond motifs is 2. The Hall–Kier alpha value is -4.93. The molecule has 0 radical (unpaired) electrons. The zero-order valence-electron chi connectivity index (χ0n) is 25.2. The Balaban J connectivity index is 1.18. The Morgan fingerprint density at radius 3 is 2.53 bits per heavy atom. The molecule has 0 atom stereocenters. The largest absolute Gasteiger partial charge is 0.496 e. The third-order valence-corrected chi connectivity index (χ3v) is 7.71. The first-order valence-electron chi connectivity index (χ1n) is 14.8. The minimum absolute atomic E-state index is 0.0585. The molecule has 1 aliphatic rings. The highest BCUT2D eigenvalue weighted by atomic mass is 19.1. The fourth-order valence-electron chi connectivity index (χ4n) is 5.36. The van der Waals surface area contributed by atoms with E-state index in [-0.39, 0.29) is 11.7 Å². The van der Waals surface area contributed by atoms with E-state index >= 15 is 4.39 Å². The van der Waals surface area contributed by atoms with Crippen molar-refractivity contribution in [1.82, 2.24) is 9.88 Å². The lowest BCUT2D eigenvalue weighted by molar-refractivity contribution is 0.0357. The van der Waals surface area contributed by atoms with Crippen LogP contribution in [0.4, 0.5) is 10.1 Å². The summed E-state index contributed by atoms with van der Waals surface area (Å²) >= 11 is 0. The van der Waals surface area contributed by atoms with Crippen molar-refractivity contribution in [1.29, 1.82) is 0 Å². The van der Waals surface area contributed by atoms with E-state index < -0.39 is 5.82 Å². The zero-order valence-corrected chi connectivity index (χ0v) is 25.2. The van der Waals surface area contributed by atoms with Crippen LogP contribution in [0.25, 0.3) is 21.7 Å². The van der Waals surface area contributed by atoms with Crippen LogP contribution in [0.2, 0.25) is 0 Å². The average Bonchev–Trinajstić information content (AvgIpc) is 3.08.